The molecule has 0 amide bonds. The molecule has 1 aliphatic rings. The van der Waals surface area contributed by atoms with Gasteiger partial charge in [-0.2, -0.15) is 0 Å². The van der Waals surface area contributed by atoms with Crippen molar-refractivity contribution in [1.82, 2.24) is 24.1 Å². The number of aromatic nitrogens is 4. The molecule has 2 aromatic heterocycles. The van der Waals surface area contributed by atoms with Crippen LogP contribution in [-0.4, -0.2) is 75.8 Å². The van der Waals surface area contributed by atoms with Crippen LogP contribution in [0.2, 0.25) is 5.02 Å². The third kappa shape index (κ3) is 3.67. The SMILES string of the molecule is COc1c(C(C)n2nc(C)c3c([AsH2])ncnc32)cc(Cl)c(C#N)c1C1CN(S(C)(=O)=O)C1. The number of aryl methyl sites for hydroxylation is 1. The predicted octanol–water partition coefficient (Wildman–Crippen LogP) is 0.895. The zero-order valence-corrected chi connectivity index (χ0v) is 22.0. The predicted molar refractivity (Wildman–Crippen MR) is 124 cm³/mol. The zero-order chi connectivity index (χ0) is 23.4. The Morgan fingerprint density at radius 3 is 2.66 bits per heavy atom. The summed E-state index contributed by atoms with van der Waals surface area (Å²) in [7, 11) is -1.76. The van der Waals surface area contributed by atoms with Gasteiger partial charge < -0.3 is 0 Å². The average molecular weight is 537 g/mol. The molecular weight excluding hydrogens is 515 g/mol. The minimum atomic E-state index is -3.30. The molecule has 0 spiro atoms. The summed E-state index contributed by atoms with van der Waals surface area (Å²) in [6.07, 6.45) is 2.69. The first-order valence-corrected chi connectivity index (χ1v) is 13.2. The van der Waals surface area contributed by atoms with Crippen molar-refractivity contribution in [3.63, 3.8) is 0 Å². The maximum atomic E-state index is 11.9. The Kier molecular flexibility index (Phi) is 5.97. The van der Waals surface area contributed by atoms with Gasteiger partial charge in [-0.25, -0.2) is 8.42 Å². The Morgan fingerprint density at radius 2 is 2.06 bits per heavy atom. The molecule has 2 unspecified atom stereocenters. The fraction of sp³-hybridized carbons (Fsp3) is 0.400. The van der Waals surface area contributed by atoms with E-state index < -0.39 is 10.0 Å². The number of ether oxygens (including phenoxy) is 1. The molecule has 1 saturated heterocycles. The van der Waals surface area contributed by atoms with Crippen molar-refractivity contribution in [3.05, 3.63) is 39.8 Å². The maximum absolute atomic E-state index is 11.9. The molecule has 12 heteroatoms. The van der Waals surface area contributed by atoms with Crippen molar-refractivity contribution in [2.75, 3.05) is 26.5 Å². The minimum absolute atomic E-state index is 0.192. The molecule has 0 saturated carbocycles. The van der Waals surface area contributed by atoms with E-state index in [2.05, 4.69) is 16.0 Å². The van der Waals surface area contributed by atoms with E-state index in [1.807, 2.05) is 18.5 Å². The number of fused-ring (bicyclic) bond motifs is 1. The number of sulfonamides is 1. The number of hydrogen-bond donors (Lipinski definition) is 0. The van der Waals surface area contributed by atoms with Gasteiger partial charge in [0.1, 0.15) is 0 Å². The molecule has 1 aliphatic heterocycles. The van der Waals surface area contributed by atoms with E-state index in [1.165, 1.54) is 33.7 Å². The standard InChI is InChI=1S/C20H22AsClN6O3S/c1-10-16-19(21)24-9-25-20(16)28(26-10)11(2)13-5-15(22)14(6-23)17(18(13)31-3)12-7-27(8-12)32(4,29)30/h5,9,11-12H,7-8,21H2,1-4H3. The van der Waals surface area contributed by atoms with Gasteiger partial charge in [0, 0.05) is 0 Å². The number of nitrogens with zero attached hydrogens (tertiary/aromatic N) is 6. The van der Waals surface area contributed by atoms with E-state index in [4.69, 9.17) is 21.4 Å². The van der Waals surface area contributed by atoms with Gasteiger partial charge in [0.05, 0.1) is 6.26 Å². The second-order valence-electron chi connectivity index (χ2n) is 7.82. The molecule has 32 heavy (non-hydrogen) atoms. The zero-order valence-electron chi connectivity index (χ0n) is 18.0. The second kappa shape index (κ2) is 8.31. The van der Waals surface area contributed by atoms with Crippen LogP contribution in [0.5, 0.6) is 5.75 Å². The van der Waals surface area contributed by atoms with Gasteiger partial charge >= 0.3 is 186 Å². The molecule has 1 fully saturated rings. The van der Waals surface area contributed by atoms with Crippen LogP contribution in [0.15, 0.2) is 12.4 Å². The molecule has 0 N–H and O–H groups in total. The van der Waals surface area contributed by atoms with Crippen molar-refractivity contribution in [2.24, 2.45) is 0 Å². The van der Waals surface area contributed by atoms with Crippen molar-refractivity contribution >= 4 is 54.0 Å². The van der Waals surface area contributed by atoms with Crippen LogP contribution in [-0.2, 0) is 10.0 Å². The Hall–Kier alpha value is -2.18. The van der Waals surface area contributed by atoms with E-state index in [1.54, 1.807) is 13.2 Å². The van der Waals surface area contributed by atoms with Gasteiger partial charge in [-0.3, -0.25) is 0 Å². The molecule has 1 aromatic carbocycles. The second-order valence-corrected chi connectivity index (χ2v) is 11.4. The summed E-state index contributed by atoms with van der Waals surface area (Å²) in [6.45, 7) is 4.43. The molecule has 0 aliphatic carbocycles. The number of nitriles is 1. The molecular formula is C20H22AsClN6O3S. The summed E-state index contributed by atoms with van der Waals surface area (Å²) in [5.41, 5.74) is 3.22. The molecule has 3 heterocycles. The van der Waals surface area contributed by atoms with Crippen LogP contribution >= 0.6 is 11.6 Å². The summed E-state index contributed by atoms with van der Waals surface area (Å²) >= 11 is 7.93. The number of benzene rings is 1. The van der Waals surface area contributed by atoms with Gasteiger partial charge in [0.25, 0.3) is 0 Å². The molecule has 0 radical (unpaired) electrons. The van der Waals surface area contributed by atoms with Crippen LogP contribution in [0, 0.1) is 18.3 Å². The molecule has 3 aromatic rings. The Labute approximate surface area is 199 Å². The van der Waals surface area contributed by atoms with Crippen LogP contribution < -0.4 is 9.22 Å². The van der Waals surface area contributed by atoms with Gasteiger partial charge in [0.2, 0.25) is 0 Å². The van der Waals surface area contributed by atoms with Gasteiger partial charge in [0.15, 0.2) is 0 Å². The van der Waals surface area contributed by atoms with Crippen molar-refractivity contribution in [1.29, 1.82) is 5.26 Å². The first kappa shape index (κ1) is 23.0. The van der Waals surface area contributed by atoms with Crippen LogP contribution in [0.1, 0.15) is 41.3 Å². The summed E-state index contributed by atoms with van der Waals surface area (Å²) in [4.78, 5) is 8.74. The Bertz CT molecular complexity index is 1380. The van der Waals surface area contributed by atoms with E-state index >= 15 is 0 Å². The topological polar surface area (TPSA) is 114 Å². The third-order valence-corrected chi connectivity index (χ3v) is 8.30. The normalized spacial score (nSPS) is 16.0. The van der Waals surface area contributed by atoms with Gasteiger partial charge in [-0.05, 0) is 0 Å². The molecule has 9 nitrogen and oxygen atoms in total. The van der Waals surface area contributed by atoms with Crippen LogP contribution in [0.3, 0.4) is 0 Å². The quantitative estimate of drug-likeness (QED) is 0.445. The summed E-state index contributed by atoms with van der Waals surface area (Å²) in [5.74, 6) is 0.329. The molecule has 168 valence electrons. The number of hydrogen-bond acceptors (Lipinski definition) is 7. The first-order chi connectivity index (χ1) is 15.1. The van der Waals surface area contributed by atoms with Gasteiger partial charge in [-0.15, -0.1) is 0 Å². The molecule has 0 bridgehead atoms. The Balaban J connectivity index is 1.87. The molecule has 2 atom stereocenters. The van der Waals surface area contributed by atoms with Crippen molar-refractivity contribution in [3.8, 4) is 11.8 Å². The average Bonchev–Trinajstić information content (AvgIpc) is 3.03. The van der Waals surface area contributed by atoms with E-state index in [0.29, 0.717) is 27.5 Å². The third-order valence-electron chi connectivity index (χ3n) is 5.85. The van der Waals surface area contributed by atoms with E-state index in [-0.39, 0.29) is 25.0 Å². The number of methoxy groups -OCH3 is 1. The van der Waals surface area contributed by atoms with E-state index in [0.717, 1.165) is 21.1 Å². The van der Waals surface area contributed by atoms with Crippen molar-refractivity contribution < 1.29 is 13.2 Å². The van der Waals surface area contributed by atoms with Gasteiger partial charge in [-0.1, -0.05) is 0 Å². The fourth-order valence-electron chi connectivity index (χ4n) is 4.18. The molecule has 4 rings (SSSR count). The first-order valence-electron chi connectivity index (χ1n) is 9.79. The van der Waals surface area contributed by atoms with Crippen LogP contribution in [0.4, 0.5) is 0 Å². The fourth-order valence-corrected chi connectivity index (χ4v) is 6.19. The summed E-state index contributed by atoms with van der Waals surface area (Å²) < 4.78 is 33.6. The Morgan fingerprint density at radius 1 is 1.38 bits per heavy atom. The number of halogens is 1. The summed E-state index contributed by atoms with van der Waals surface area (Å²) in [6, 6.07) is 3.58. The number of rotatable bonds is 5. The summed E-state index contributed by atoms with van der Waals surface area (Å²) in [5, 5.41) is 15.7. The van der Waals surface area contributed by atoms with E-state index in [9.17, 15) is 13.7 Å². The van der Waals surface area contributed by atoms with Crippen LogP contribution in [0.25, 0.3) is 11.0 Å². The monoisotopic (exact) mass is 536 g/mol. The van der Waals surface area contributed by atoms with Crippen molar-refractivity contribution in [2.45, 2.75) is 25.8 Å².